The summed E-state index contributed by atoms with van der Waals surface area (Å²) in [6.07, 6.45) is 2.50. The topological polar surface area (TPSA) is 45.9 Å². The Hall–Kier alpha value is -2.86. The van der Waals surface area contributed by atoms with E-state index in [4.69, 9.17) is 4.74 Å². The van der Waals surface area contributed by atoms with Gasteiger partial charge in [0.1, 0.15) is 17.4 Å². The molecule has 0 spiro atoms. The van der Waals surface area contributed by atoms with Crippen molar-refractivity contribution in [2.75, 3.05) is 0 Å². The Balaban J connectivity index is 2.12. The Morgan fingerprint density at radius 3 is 2.81 bits per heavy atom. The van der Waals surface area contributed by atoms with Crippen molar-refractivity contribution in [3.63, 3.8) is 0 Å². The van der Waals surface area contributed by atoms with Gasteiger partial charge in [-0.1, -0.05) is 31.2 Å². The molecule has 21 heavy (non-hydrogen) atoms. The molecular formula is C18H14N2O. The molecule has 0 bridgehead atoms. The summed E-state index contributed by atoms with van der Waals surface area (Å²) < 4.78 is 5.99. The van der Waals surface area contributed by atoms with Crippen LogP contribution in [0.2, 0.25) is 0 Å². The largest absolute Gasteiger partial charge is 0.455 e. The number of nitrogens with zero attached hydrogens (tertiary/aromatic N) is 2. The number of hydrogen-bond acceptors (Lipinski definition) is 3. The number of para-hydroxylation sites is 1. The van der Waals surface area contributed by atoms with Crippen molar-refractivity contribution in [3.8, 4) is 17.6 Å². The van der Waals surface area contributed by atoms with Crippen LogP contribution < -0.4 is 4.74 Å². The van der Waals surface area contributed by atoms with E-state index in [1.54, 1.807) is 6.20 Å². The monoisotopic (exact) mass is 274 g/mol. The molecule has 0 fully saturated rings. The minimum atomic E-state index is 0.440. The van der Waals surface area contributed by atoms with Crippen molar-refractivity contribution in [3.05, 3.63) is 65.9 Å². The van der Waals surface area contributed by atoms with Gasteiger partial charge in [-0.3, -0.25) is 4.98 Å². The summed E-state index contributed by atoms with van der Waals surface area (Å²) in [6, 6.07) is 17.7. The molecule has 3 heteroatoms. The Labute approximate surface area is 123 Å². The van der Waals surface area contributed by atoms with Crippen LogP contribution in [-0.4, -0.2) is 4.98 Å². The molecule has 102 valence electrons. The zero-order chi connectivity index (χ0) is 14.7. The molecule has 0 radical (unpaired) electrons. The number of aryl methyl sites for hydroxylation is 1. The Kier molecular flexibility index (Phi) is 3.53. The van der Waals surface area contributed by atoms with Crippen molar-refractivity contribution in [1.82, 2.24) is 4.98 Å². The fourth-order valence-electron chi connectivity index (χ4n) is 2.25. The quantitative estimate of drug-likeness (QED) is 0.708. The van der Waals surface area contributed by atoms with Gasteiger partial charge in [-0.05, 0) is 36.2 Å². The maximum atomic E-state index is 9.29. The standard InChI is InChI=1S/C18H14N2O/c1-2-13-6-5-7-15(10-13)21-18-14(11-19)12-20-17-9-4-3-8-16(17)18/h3-10,12H,2H2,1H3. The summed E-state index contributed by atoms with van der Waals surface area (Å²) in [5.41, 5.74) is 2.46. The van der Waals surface area contributed by atoms with Gasteiger partial charge in [0.05, 0.1) is 5.52 Å². The number of benzene rings is 2. The fourth-order valence-corrected chi connectivity index (χ4v) is 2.25. The summed E-state index contributed by atoms with van der Waals surface area (Å²) in [6.45, 7) is 2.10. The van der Waals surface area contributed by atoms with Crippen molar-refractivity contribution in [2.45, 2.75) is 13.3 Å². The van der Waals surface area contributed by atoms with Crippen LogP contribution in [0.15, 0.2) is 54.7 Å². The van der Waals surface area contributed by atoms with Crippen LogP contribution in [0.25, 0.3) is 10.9 Å². The van der Waals surface area contributed by atoms with E-state index in [1.165, 1.54) is 5.56 Å². The number of rotatable bonds is 3. The van der Waals surface area contributed by atoms with E-state index in [0.29, 0.717) is 11.3 Å². The SMILES string of the molecule is CCc1cccc(Oc2c(C#N)cnc3ccccc23)c1. The Morgan fingerprint density at radius 2 is 2.00 bits per heavy atom. The summed E-state index contributed by atoms with van der Waals surface area (Å²) in [5, 5.41) is 10.1. The average molecular weight is 274 g/mol. The number of ether oxygens (including phenoxy) is 1. The molecule has 0 aliphatic heterocycles. The second kappa shape index (κ2) is 5.64. The molecule has 3 rings (SSSR count). The molecule has 0 atom stereocenters. The molecule has 1 heterocycles. The lowest BCUT2D eigenvalue weighted by Gasteiger charge is -2.11. The van der Waals surface area contributed by atoms with Crippen LogP contribution in [0, 0.1) is 11.3 Å². The van der Waals surface area contributed by atoms with Crippen molar-refractivity contribution < 1.29 is 4.74 Å². The van der Waals surface area contributed by atoms with Crippen LogP contribution in [0.5, 0.6) is 11.5 Å². The maximum Gasteiger partial charge on any atom is 0.156 e. The third-order valence-electron chi connectivity index (χ3n) is 3.37. The van der Waals surface area contributed by atoms with Gasteiger partial charge < -0.3 is 4.74 Å². The average Bonchev–Trinajstić information content (AvgIpc) is 2.55. The third-order valence-corrected chi connectivity index (χ3v) is 3.37. The van der Waals surface area contributed by atoms with Gasteiger partial charge >= 0.3 is 0 Å². The van der Waals surface area contributed by atoms with Crippen LogP contribution in [0.3, 0.4) is 0 Å². The minimum Gasteiger partial charge on any atom is -0.455 e. The fraction of sp³-hybridized carbons (Fsp3) is 0.111. The lowest BCUT2D eigenvalue weighted by molar-refractivity contribution is 0.485. The zero-order valence-electron chi connectivity index (χ0n) is 11.7. The summed E-state index contributed by atoms with van der Waals surface area (Å²) in [4.78, 5) is 4.29. The molecule has 2 aromatic carbocycles. The molecular weight excluding hydrogens is 260 g/mol. The van der Waals surface area contributed by atoms with Crippen molar-refractivity contribution in [2.24, 2.45) is 0 Å². The first-order chi connectivity index (χ1) is 10.3. The van der Waals surface area contributed by atoms with E-state index in [1.807, 2.05) is 42.5 Å². The molecule has 0 N–H and O–H groups in total. The summed E-state index contributed by atoms with van der Waals surface area (Å²) in [7, 11) is 0. The molecule has 0 aliphatic carbocycles. The summed E-state index contributed by atoms with van der Waals surface area (Å²) >= 11 is 0. The normalized spacial score (nSPS) is 10.3. The number of hydrogen-bond donors (Lipinski definition) is 0. The molecule has 0 amide bonds. The van der Waals surface area contributed by atoms with E-state index in [0.717, 1.165) is 23.1 Å². The molecule has 0 saturated heterocycles. The first kappa shape index (κ1) is 13.1. The second-order valence-electron chi connectivity index (χ2n) is 4.73. The van der Waals surface area contributed by atoms with E-state index in [-0.39, 0.29) is 0 Å². The molecule has 1 aromatic heterocycles. The predicted molar refractivity (Wildman–Crippen MR) is 82.4 cm³/mol. The van der Waals surface area contributed by atoms with Crippen LogP contribution in [0.1, 0.15) is 18.1 Å². The number of pyridine rings is 1. The number of aromatic nitrogens is 1. The lowest BCUT2D eigenvalue weighted by Crippen LogP contribution is -1.93. The number of fused-ring (bicyclic) bond motifs is 1. The Morgan fingerprint density at radius 1 is 1.14 bits per heavy atom. The van der Waals surface area contributed by atoms with Crippen molar-refractivity contribution >= 4 is 10.9 Å². The highest BCUT2D eigenvalue weighted by Crippen LogP contribution is 2.32. The first-order valence-electron chi connectivity index (χ1n) is 6.86. The molecule has 0 saturated carbocycles. The zero-order valence-corrected chi connectivity index (χ0v) is 11.7. The van der Waals surface area contributed by atoms with E-state index >= 15 is 0 Å². The first-order valence-corrected chi connectivity index (χ1v) is 6.86. The predicted octanol–water partition coefficient (Wildman–Crippen LogP) is 4.46. The highest BCUT2D eigenvalue weighted by Gasteiger charge is 2.11. The van der Waals surface area contributed by atoms with Gasteiger partial charge in [-0.2, -0.15) is 5.26 Å². The highest BCUT2D eigenvalue weighted by molar-refractivity contribution is 5.87. The maximum absolute atomic E-state index is 9.29. The minimum absolute atomic E-state index is 0.440. The van der Waals surface area contributed by atoms with Crippen LogP contribution >= 0.6 is 0 Å². The van der Waals surface area contributed by atoms with Gasteiger partial charge in [-0.15, -0.1) is 0 Å². The second-order valence-corrected chi connectivity index (χ2v) is 4.73. The van der Waals surface area contributed by atoms with Crippen LogP contribution in [-0.2, 0) is 6.42 Å². The molecule has 3 nitrogen and oxygen atoms in total. The van der Waals surface area contributed by atoms with Gasteiger partial charge in [0.25, 0.3) is 0 Å². The van der Waals surface area contributed by atoms with E-state index < -0.39 is 0 Å². The molecule has 3 aromatic rings. The Bertz CT molecular complexity index is 834. The summed E-state index contributed by atoms with van der Waals surface area (Å²) in [5.74, 6) is 1.30. The van der Waals surface area contributed by atoms with Crippen molar-refractivity contribution in [1.29, 1.82) is 5.26 Å². The smallest absolute Gasteiger partial charge is 0.156 e. The van der Waals surface area contributed by atoms with E-state index in [9.17, 15) is 5.26 Å². The van der Waals surface area contributed by atoms with Gasteiger partial charge in [-0.25, -0.2) is 0 Å². The van der Waals surface area contributed by atoms with Gasteiger partial charge in [0, 0.05) is 11.6 Å². The molecule has 0 unspecified atom stereocenters. The van der Waals surface area contributed by atoms with Crippen LogP contribution in [0.4, 0.5) is 0 Å². The molecule has 0 aliphatic rings. The lowest BCUT2D eigenvalue weighted by atomic mass is 10.1. The van der Waals surface area contributed by atoms with Gasteiger partial charge in [0.2, 0.25) is 0 Å². The van der Waals surface area contributed by atoms with E-state index in [2.05, 4.69) is 24.0 Å². The highest BCUT2D eigenvalue weighted by atomic mass is 16.5. The van der Waals surface area contributed by atoms with Gasteiger partial charge in [0.15, 0.2) is 5.75 Å². The third kappa shape index (κ3) is 2.56. The number of nitriles is 1.